The molecule has 23 heavy (non-hydrogen) atoms. The van der Waals surface area contributed by atoms with Gasteiger partial charge in [0.2, 0.25) is 0 Å². The minimum Gasteiger partial charge on any atom is -0.371 e. The summed E-state index contributed by atoms with van der Waals surface area (Å²) in [7, 11) is 0. The number of halogens is 2. The lowest BCUT2D eigenvalue weighted by molar-refractivity contribution is -0.0336. The van der Waals surface area contributed by atoms with Crippen LogP contribution in [-0.2, 0) is 17.8 Å². The van der Waals surface area contributed by atoms with E-state index in [9.17, 15) is 4.39 Å². The number of ether oxygens (including phenoxy) is 1. The molecule has 0 aliphatic carbocycles. The molecule has 1 aromatic heterocycles. The number of nitrogens with zero attached hydrogens (tertiary/aromatic N) is 4. The molecule has 5 nitrogen and oxygen atoms in total. The second-order valence-electron chi connectivity index (χ2n) is 5.70. The summed E-state index contributed by atoms with van der Waals surface area (Å²) in [5.41, 5.74) is 2.91. The van der Waals surface area contributed by atoms with Crippen molar-refractivity contribution in [3.8, 4) is 0 Å². The predicted octanol–water partition coefficient (Wildman–Crippen LogP) is 2.97. The van der Waals surface area contributed by atoms with Gasteiger partial charge < -0.3 is 4.74 Å². The monoisotopic (exact) mass is 338 g/mol. The maximum Gasteiger partial charge on any atom is 0.124 e. The lowest BCUT2D eigenvalue weighted by Crippen LogP contribution is -2.38. The molecule has 3 rings (SSSR count). The van der Waals surface area contributed by atoms with Crippen LogP contribution in [0.4, 0.5) is 4.39 Å². The number of hydrogen-bond acceptors (Lipinski definition) is 4. The van der Waals surface area contributed by atoms with E-state index in [0.717, 1.165) is 36.6 Å². The Kier molecular flexibility index (Phi) is 4.94. The number of aryl methyl sites for hydroxylation is 2. The summed E-state index contributed by atoms with van der Waals surface area (Å²) in [5, 5.41) is 8.70. The quantitative estimate of drug-likeness (QED) is 0.859. The van der Waals surface area contributed by atoms with E-state index in [1.807, 2.05) is 11.6 Å². The van der Waals surface area contributed by atoms with E-state index in [2.05, 4.69) is 22.1 Å². The van der Waals surface area contributed by atoms with Crippen LogP contribution in [-0.4, -0.2) is 39.6 Å². The van der Waals surface area contributed by atoms with E-state index in [-0.39, 0.29) is 11.9 Å². The van der Waals surface area contributed by atoms with Gasteiger partial charge in [-0.1, -0.05) is 22.9 Å². The zero-order chi connectivity index (χ0) is 16.4. The van der Waals surface area contributed by atoms with E-state index in [1.54, 1.807) is 6.07 Å². The lowest BCUT2D eigenvalue weighted by Gasteiger charge is -2.33. The van der Waals surface area contributed by atoms with Crippen LogP contribution in [0.3, 0.4) is 0 Å². The number of aromatic nitrogens is 3. The molecule has 1 atom stereocenters. The number of benzene rings is 1. The molecular weight excluding hydrogens is 319 g/mol. The van der Waals surface area contributed by atoms with Crippen molar-refractivity contribution in [1.82, 2.24) is 19.9 Å². The summed E-state index contributed by atoms with van der Waals surface area (Å²) >= 11 is 6.16. The molecule has 0 amide bonds. The van der Waals surface area contributed by atoms with Crippen LogP contribution in [0.2, 0.25) is 5.02 Å². The predicted molar refractivity (Wildman–Crippen MR) is 85.8 cm³/mol. The van der Waals surface area contributed by atoms with Crippen LogP contribution >= 0.6 is 11.6 Å². The Morgan fingerprint density at radius 3 is 3.00 bits per heavy atom. The Labute approximate surface area is 140 Å². The van der Waals surface area contributed by atoms with Crippen molar-refractivity contribution >= 4 is 11.6 Å². The first kappa shape index (κ1) is 16.4. The summed E-state index contributed by atoms with van der Waals surface area (Å²) < 4.78 is 21.0. The minimum absolute atomic E-state index is 0.150. The largest absolute Gasteiger partial charge is 0.371 e. The van der Waals surface area contributed by atoms with Gasteiger partial charge in [-0.3, -0.25) is 4.90 Å². The second-order valence-corrected chi connectivity index (χ2v) is 6.10. The molecule has 1 aliphatic heterocycles. The third-order valence-corrected chi connectivity index (χ3v) is 4.49. The average molecular weight is 339 g/mol. The molecule has 2 aromatic rings. The average Bonchev–Trinajstić information content (AvgIpc) is 2.88. The summed E-state index contributed by atoms with van der Waals surface area (Å²) in [6.45, 7) is 7.76. The zero-order valence-corrected chi connectivity index (χ0v) is 14.1. The Balaban J connectivity index is 1.74. The fourth-order valence-electron chi connectivity index (χ4n) is 2.88. The maximum absolute atomic E-state index is 13.2. The zero-order valence-electron chi connectivity index (χ0n) is 13.3. The van der Waals surface area contributed by atoms with Gasteiger partial charge in [0, 0.05) is 36.8 Å². The van der Waals surface area contributed by atoms with Gasteiger partial charge in [-0.25, -0.2) is 9.07 Å². The summed E-state index contributed by atoms with van der Waals surface area (Å²) in [6, 6.07) is 4.46. The molecule has 0 saturated carbocycles. The molecule has 2 heterocycles. The van der Waals surface area contributed by atoms with Gasteiger partial charge in [0.25, 0.3) is 0 Å². The number of hydrogen-bond donors (Lipinski definition) is 0. The van der Waals surface area contributed by atoms with E-state index >= 15 is 0 Å². The first-order chi connectivity index (χ1) is 11.1. The van der Waals surface area contributed by atoms with E-state index in [1.165, 1.54) is 12.1 Å². The third-order valence-electron chi connectivity index (χ3n) is 4.16. The molecule has 0 bridgehead atoms. The van der Waals surface area contributed by atoms with Crippen LogP contribution in [0.25, 0.3) is 0 Å². The molecule has 1 aromatic carbocycles. The van der Waals surface area contributed by atoms with Crippen molar-refractivity contribution in [2.24, 2.45) is 0 Å². The van der Waals surface area contributed by atoms with Crippen molar-refractivity contribution in [1.29, 1.82) is 0 Å². The number of morpholine rings is 1. The lowest BCUT2D eigenvalue weighted by atomic mass is 10.1. The Hall–Kier alpha value is -1.50. The smallest absolute Gasteiger partial charge is 0.124 e. The molecule has 1 unspecified atom stereocenters. The van der Waals surface area contributed by atoms with Crippen LogP contribution < -0.4 is 0 Å². The van der Waals surface area contributed by atoms with E-state index in [4.69, 9.17) is 16.3 Å². The second kappa shape index (κ2) is 6.95. The topological polar surface area (TPSA) is 43.2 Å². The van der Waals surface area contributed by atoms with Gasteiger partial charge in [0.15, 0.2) is 0 Å². The van der Waals surface area contributed by atoms with Crippen molar-refractivity contribution in [3.63, 3.8) is 0 Å². The van der Waals surface area contributed by atoms with Gasteiger partial charge in [-0.2, -0.15) is 0 Å². The van der Waals surface area contributed by atoms with Gasteiger partial charge >= 0.3 is 0 Å². The Morgan fingerprint density at radius 1 is 1.43 bits per heavy atom. The summed E-state index contributed by atoms with van der Waals surface area (Å²) in [6.07, 6.45) is -0.150. The number of rotatable bonds is 4. The normalized spacial score (nSPS) is 19.2. The summed E-state index contributed by atoms with van der Waals surface area (Å²) in [5.74, 6) is -0.333. The van der Waals surface area contributed by atoms with Gasteiger partial charge in [0.05, 0.1) is 24.1 Å². The molecule has 1 saturated heterocycles. The highest BCUT2D eigenvalue weighted by molar-refractivity contribution is 6.31. The molecule has 1 aliphatic rings. The van der Waals surface area contributed by atoms with Crippen LogP contribution in [0, 0.1) is 12.7 Å². The highest BCUT2D eigenvalue weighted by atomic mass is 35.5. The highest BCUT2D eigenvalue weighted by Gasteiger charge is 2.25. The van der Waals surface area contributed by atoms with Crippen molar-refractivity contribution in [2.45, 2.75) is 33.0 Å². The van der Waals surface area contributed by atoms with E-state index in [0.29, 0.717) is 18.2 Å². The van der Waals surface area contributed by atoms with Gasteiger partial charge in [0.1, 0.15) is 5.82 Å². The van der Waals surface area contributed by atoms with Crippen molar-refractivity contribution in [2.75, 3.05) is 19.7 Å². The standard InChI is InChI=1S/C16H20ClFN4O/c1-3-22-15(11(2)19-20-22)9-21-6-7-23-16(10-21)13-5-4-12(18)8-14(13)17/h4-5,8,16H,3,6-7,9-10H2,1-2H3. The Bertz CT molecular complexity index is 691. The van der Waals surface area contributed by atoms with Crippen molar-refractivity contribution < 1.29 is 9.13 Å². The van der Waals surface area contributed by atoms with Crippen molar-refractivity contribution in [3.05, 3.63) is 46.0 Å². The molecule has 0 radical (unpaired) electrons. The summed E-state index contributed by atoms with van der Waals surface area (Å²) in [4.78, 5) is 2.30. The highest BCUT2D eigenvalue weighted by Crippen LogP contribution is 2.29. The third kappa shape index (κ3) is 3.54. The molecule has 1 fully saturated rings. The van der Waals surface area contributed by atoms with E-state index < -0.39 is 0 Å². The van der Waals surface area contributed by atoms with Crippen LogP contribution in [0.15, 0.2) is 18.2 Å². The fraction of sp³-hybridized carbons (Fsp3) is 0.500. The fourth-order valence-corrected chi connectivity index (χ4v) is 3.17. The Morgan fingerprint density at radius 2 is 2.26 bits per heavy atom. The molecule has 0 spiro atoms. The minimum atomic E-state index is -0.333. The molecule has 0 N–H and O–H groups in total. The molecule has 124 valence electrons. The van der Waals surface area contributed by atoms with Crippen LogP contribution in [0.5, 0.6) is 0 Å². The molecule has 7 heteroatoms. The van der Waals surface area contributed by atoms with Gasteiger partial charge in [-0.15, -0.1) is 5.10 Å². The SMILES string of the molecule is CCn1nnc(C)c1CN1CCOC(c2ccc(F)cc2Cl)C1. The van der Waals surface area contributed by atoms with Gasteiger partial charge in [-0.05, 0) is 26.0 Å². The molecular formula is C16H20ClFN4O. The first-order valence-corrected chi connectivity index (χ1v) is 8.14. The van der Waals surface area contributed by atoms with Crippen LogP contribution in [0.1, 0.15) is 30.0 Å². The maximum atomic E-state index is 13.2. The first-order valence-electron chi connectivity index (χ1n) is 7.76.